The van der Waals surface area contributed by atoms with Gasteiger partial charge < -0.3 is 5.32 Å². The highest BCUT2D eigenvalue weighted by Gasteiger charge is 2.24. The fourth-order valence-corrected chi connectivity index (χ4v) is 2.89. The van der Waals surface area contributed by atoms with Gasteiger partial charge in [0.1, 0.15) is 12.2 Å². The Labute approximate surface area is 117 Å². The predicted molar refractivity (Wildman–Crippen MR) is 77.7 cm³/mol. The molecule has 0 saturated heterocycles. The number of aromatic nitrogens is 3. The van der Waals surface area contributed by atoms with Crippen LogP contribution >= 0.6 is 0 Å². The smallest absolute Gasteiger partial charge is 0.140 e. The van der Waals surface area contributed by atoms with Crippen LogP contribution in [0.4, 0.5) is 0 Å². The Hall–Kier alpha value is -0.900. The molecule has 0 aromatic carbocycles. The van der Waals surface area contributed by atoms with Gasteiger partial charge in [-0.1, -0.05) is 27.7 Å². The number of hydrogen-bond acceptors (Lipinski definition) is 3. The number of nitrogens with one attached hydrogen (secondary N) is 1. The Bertz CT molecular complexity index is 385. The van der Waals surface area contributed by atoms with Crippen LogP contribution in [0.15, 0.2) is 6.33 Å². The molecule has 3 unspecified atom stereocenters. The summed E-state index contributed by atoms with van der Waals surface area (Å²) in [6.07, 6.45) is 5.60. The molecule has 0 radical (unpaired) electrons. The number of rotatable bonds is 5. The maximum atomic E-state index is 4.38. The highest BCUT2D eigenvalue weighted by atomic mass is 15.3. The third-order valence-corrected chi connectivity index (χ3v) is 4.38. The largest absolute Gasteiger partial charge is 0.307 e. The molecule has 19 heavy (non-hydrogen) atoms. The summed E-state index contributed by atoms with van der Waals surface area (Å²) in [5.74, 6) is 3.39. The van der Waals surface area contributed by atoms with Crippen LogP contribution < -0.4 is 5.32 Å². The van der Waals surface area contributed by atoms with E-state index in [-0.39, 0.29) is 0 Å². The topological polar surface area (TPSA) is 42.7 Å². The summed E-state index contributed by atoms with van der Waals surface area (Å²) in [5, 5.41) is 7.98. The zero-order valence-corrected chi connectivity index (χ0v) is 12.8. The molecule has 1 aliphatic rings. The minimum atomic E-state index is 0.607. The van der Waals surface area contributed by atoms with Crippen molar-refractivity contribution in [2.24, 2.45) is 17.8 Å². The van der Waals surface area contributed by atoms with Crippen molar-refractivity contribution in [3.8, 4) is 0 Å². The zero-order valence-electron chi connectivity index (χ0n) is 12.8. The molecule has 108 valence electrons. The molecule has 0 aliphatic heterocycles. The first kappa shape index (κ1) is 14.5. The minimum Gasteiger partial charge on any atom is -0.307 e. The molecule has 0 bridgehead atoms. The van der Waals surface area contributed by atoms with E-state index in [1.807, 2.05) is 4.68 Å². The van der Waals surface area contributed by atoms with Crippen LogP contribution in [0, 0.1) is 17.8 Å². The van der Waals surface area contributed by atoms with Crippen molar-refractivity contribution in [1.29, 1.82) is 0 Å². The monoisotopic (exact) mass is 264 g/mol. The van der Waals surface area contributed by atoms with Gasteiger partial charge in [0.05, 0.1) is 6.54 Å². The number of hydrogen-bond donors (Lipinski definition) is 1. The lowest BCUT2D eigenvalue weighted by Crippen LogP contribution is -2.36. The molecule has 1 aromatic rings. The maximum absolute atomic E-state index is 4.38. The van der Waals surface area contributed by atoms with E-state index in [0.29, 0.717) is 12.0 Å². The molecule has 1 heterocycles. The summed E-state index contributed by atoms with van der Waals surface area (Å²) in [7, 11) is 0. The lowest BCUT2D eigenvalue weighted by atomic mass is 9.79. The normalized spacial score (nSPS) is 27.9. The summed E-state index contributed by atoms with van der Waals surface area (Å²) in [6, 6.07) is 0.649. The second-order valence-corrected chi connectivity index (χ2v) is 6.60. The van der Waals surface area contributed by atoms with Crippen molar-refractivity contribution in [3.05, 3.63) is 12.2 Å². The Morgan fingerprint density at radius 3 is 2.79 bits per heavy atom. The lowest BCUT2D eigenvalue weighted by Gasteiger charge is -2.32. The van der Waals surface area contributed by atoms with Gasteiger partial charge >= 0.3 is 0 Å². The van der Waals surface area contributed by atoms with E-state index in [0.717, 1.165) is 30.7 Å². The van der Waals surface area contributed by atoms with E-state index >= 15 is 0 Å². The van der Waals surface area contributed by atoms with E-state index in [9.17, 15) is 0 Å². The van der Waals surface area contributed by atoms with Gasteiger partial charge in [-0.2, -0.15) is 5.10 Å². The first-order valence-corrected chi connectivity index (χ1v) is 7.66. The van der Waals surface area contributed by atoms with Crippen molar-refractivity contribution in [2.45, 2.75) is 66.1 Å². The molecule has 1 saturated carbocycles. The fraction of sp³-hybridized carbons (Fsp3) is 0.867. The first-order chi connectivity index (χ1) is 9.06. The molecule has 1 fully saturated rings. The molecular formula is C15H28N4. The van der Waals surface area contributed by atoms with Crippen molar-refractivity contribution in [2.75, 3.05) is 0 Å². The van der Waals surface area contributed by atoms with Gasteiger partial charge in [0.2, 0.25) is 0 Å². The van der Waals surface area contributed by atoms with Crippen LogP contribution in [0.3, 0.4) is 0 Å². The molecule has 0 spiro atoms. The predicted octanol–water partition coefficient (Wildman–Crippen LogP) is 2.85. The van der Waals surface area contributed by atoms with E-state index < -0.39 is 0 Å². The van der Waals surface area contributed by atoms with E-state index in [1.54, 1.807) is 6.33 Å². The van der Waals surface area contributed by atoms with Crippen molar-refractivity contribution in [3.63, 3.8) is 0 Å². The lowest BCUT2D eigenvalue weighted by molar-refractivity contribution is 0.224. The van der Waals surface area contributed by atoms with Crippen molar-refractivity contribution < 1.29 is 0 Å². The fourth-order valence-electron chi connectivity index (χ4n) is 2.89. The summed E-state index contributed by atoms with van der Waals surface area (Å²) in [5.41, 5.74) is 0. The Kier molecular flexibility index (Phi) is 4.97. The van der Waals surface area contributed by atoms with E-state index in [2.05, 4.69) is 43.1 Å². The highest BCUT2D eigenvalue weighted by Crippen LogP contribution is 2.29. The van der Waals surface area contributed by atoms with Gasteiger partial charge in [0.15, 0.2) is 0 Å². The zero-order chi connectivity index (χ0) is 13.8. The van der Waals surface area contributed by atoms with Gasteiger partial charge in [-0.15, -0.1) is 0 Å². The van der Waals surface area contributed by atoms with Crippen LogP contribution in [-0.4, -0.2) is 20.8 Å². The van der Waals surface area contributed by atoms with E-state index in [4.69, 9.17) is 0 Å². The second-order valence-electron chi connectivity index (χ2n) is 6.60. The SMILES string of the molecule is CC(C)Cn1ncnc1CNC1CCC(C)C(C)C1. The van der Waals surface area contributed by atoms with Crippen LogP contribution in [0.5, 0.6) is 0 Å². The van der Waals surface area contributed by atoms with Crippen molar-refractivity contribution in [1.82, 2.24) is 20.1 Å². The quantitative estimate of drug-likeness (QED) is 0.889. The molecule has 4 heteroatoms. The van der Waals surface area contributed by atoms with Crippen molar-refractivity contribution >= 4 is 0 Å². The van der Waals surface area contributed by atoms with Gasteiger partial charge in [-0.3, -0.25) is 0 Å². The average molecular weight is 264 g/mol. The standard InChI is InChI=1S/C15H28N4/c1-11(2)9-19-15(17-10-18-19)8-16-14-6-5-12(3)13(4)7-14/h10-14,16H,5-9H2,1-4H3. The van der Waals surface area contributed by atoms with Crippen LogP contribution in [0.25, 0.3) is 0 Å². The third kappa shape index (κ3) is 4.03. The first-order valence-electron chi connectivity index (χ1n) is 7.66. The molecule has 4 nitrogen and oxygen atoms in total. The summed E-state index contributed by atoms with van der Waals surface area (Å²) in [6.45, 7) is 11.0. The Balaban J connectivity index is 1.84. The van der Waals surface area contributed by atoms with E-state index in [1.165, 1.54) is 19.3 Å². The third-order valence-electron chi connectivity index (χ3n) is 4.38. The van der Waals surface area contributed by atoms with Gasteiger partial charge in [0, 0.05) is 12.6 Å². The van der Waals surface area contributed by atoms with Gasteiger partial charge in [-0.05, 0) is 37.0 Å². The maximum Gasteiger partial charge on any atom is 0.140 e. The average Bonchev–Trinajstić information content (AvgIpc) is 2.77. The van der Waals surface area contributed by atoms with Gasteiger partial charge in [-0.25, -0.2) is 9.67 Å². The molecular weight excluding hydrogens is 236 g/mol. The molecule has 1 aliphatic carbocycles. The Morgan fingerprint density at radius 2 is 2.11 bits per heavy atom. The van der Waals surface area contributed by atoms with Gasteiger partial charge in [0.25, 0.3) is 0 Å². The Morgan fingerprint density at radius 1 is 1.32 bits per heavy atom. The summed E-state index contributed by atoms with van der Waals surface area (Å²) in [4.78, 5) is 4.38. The second kappa shape index (κ2) is 6.51. The van der Waals surface area contributed by atoms with Crippen LogP contribution in [0.1, 0.15) is 52.8 Å². The summed E-state index contributed by atoms with van der Waals surface area (Å²) >= 11 is 0. The minimum absolute atomic E-state index is 0.607. The molecule has 0 amide bonds. The molecule has 3 atom stereocenters. The number of nitrogens with zero attached hydrogens (tertiary/aromatic N) is 3. The molecule has 1 aromatic heterocycles. The highest BCUT2D eigenvalue weighted by molar-refractivity contribution is 4.87. The van der Waals surface area contributed by atoms with Crippen LogP contribution in [-0.2, 0) is 13.1 Å². The molecule has 1 N–H and O–H groups in total. The molecule has 2 rings (SSSR count). The van der Waals surface area contributed by atoms with Crippen LogP contribution in [0.2, 0.25) is 0 Å². The summed E-state index contributed by atoms with van der Waals surface area (Å²) < 4.78 is 2.03.